The third-order valence-electron chi connectivity index (χ3n) is 2.79. The fourth-order valence-electron chi connectivity index (χ4n) is 2.03. The summed E-state index contributed by atoms with van der Waals surface area (Å²) in [4.78, 5) is 48.7. The van der Waals surface area contributed by atoms with E-state index in [0.29, 0.717) is 0 Å². The first kappa shape index (κ1) is 19.6. The fourth-order valence-corrected chi connectivity index (χ4v) is 2.03. The van der Waals surface area contributed by atoms with Gasteiger partial charge in [-0.3, -0.25) is 14.4 Å². The predicted octanol–water partition coefficient (Wildman–Crippen LogP) is -0.271. The van der Waals surface area contributed by atoms with Gasteiger partial charge in [0.1, 0.15) is 18.8 Å². The van der Waals surface area contributed by atoms with E-state index in [1.54, 1.807) is 0 Å². The second kappa shape index (κ2) is 8.96. The van der Waals surface area contributed by atoms with Crippen LogP contribution in [0.4, 0.5) is 0 Å². The van der Waals surface area contributed by atoms with Gasteiger partial charge in [-0.1, -0.05) is 5.16 Å². The van der Waals surface area contributed by atoms with Crippen molar-refractivity contribution < 1.29 is 43.0 Å². The van der Waals surface area contributed by atoms with Crippen molar-refractivity contribution in [2.45, 2.75) is 52.1 Å². The molecule has 0 radical (unpaired) electrons. The van der Waals surface area contributed by atoms with Gasteiger partial charge in [0, 0.05) is 27.7 Å². The maximum atomic E-state index is 11.3. The number of hydrogen-bond acceptors (Lipinski definition) is 10. The standard InChI is InChI=1S/C14H19NO9/c1-7(16)20-6-12-14(22-9(3)18)13(21-8(2)17)11(23-12)5-15-24-10(4)19/h5,11-14H,6H2,1-4H3/b15-5-/t11-,12-,13+,14-/m1/s1. The monoisotopic (exact) mass is 345 g/mol. The van der Waals surface area contributed by atoms with Gasteiger partial charge in [0.2, 0.25) is 0 Å². The Hall–Kier alpha value is -2.49. The van der Waals surface area contributed by atoms with Crippen LogP contribution in [0.5, 0.6) is 0 Å². The maximum Gasteiger partial charge on any atom is 0.331 e. The van der Waals surface area contributed by atoms with Crippen molar-refractivity contribution in [3.8, 4) is 0 Å². The predicted molar refractivity (Wildman–Crippen MR) is 76.7 cm³/mol. The Balaban J connectivity index is 2.96. The highest BCUT2D eigenvalue weighted by Crippen LogP contribution is 2.27. The molecule has 1 saturated heterocycles. The zero-order chi connectivity index (χ0) is 18.3. The molecular formula is C14H19NO9. The van der Waals surface area contributed by atoms with Crippen molar-refractivity contribution in [3.05, 3.63) is 0 Å². The van der Waals surface area contributed by atoms with Gasteiger partial charge in [0.25, 0.3) is 0 Å². The Morgan fingerprint density at radius 3 is 2.00 bits per heavy atom. The average Bonchev–Trinajstić information content (AvgIpc) is 2.73. The van der Waals surface area contributed by atoms with E-state index in [4.69, 9.17) is 18.9 Å². The third-order valence-corrected chi connectivity index (χ3v) is 2.79. The van der Waals surface area contributed by atoms with Crippen LogP contribution < -0.4 is 0 Å². The molecule has 4 atom stereocenters. The molecule has 24 heavy (non-hydrogen) atoms. The zero-order valence-electron chi connectivity index (χ0n) is 13.7. The summed E-state index contributed by atoms with van der Waals surface area (Å²) in [7, 11) is 0. The lowest BCUT2D eigenvalue weighted by atomic mass is 10.1. The molecule has 0 bridgehead atoms. The van der Waals surface area contributed by atoms with E-state index in [1.165, 1.54) is 20.8 Å². The van der Waals surface area contributed by atoms with E-state index in [1.807, 2.05) is 0 Å². The minimum atomic E-state index is -1.04. The van der Waals surface area contributed by atoms with Gasteiger partial charge >= 0.3 is 23.9 Å². The first-order chi connectivity index (χ1) is 11.2. The second-order valence-corrected chi connectivity index (χ2v) is 4.93. The molecule has 0 spiro atoms. The molecule has 1 heterocycles. The van der Waals surface area contributed by atoms with Crippen LogP contribution >= 0.6 is 0 Å². The molecule has 1 aliphatic heterocycles. The molecule has 0 aliphatic carbocycles. The summed E-state index contributed by atoms with van der Waals surface area (Å²) < 4.78 is 20.6. The summed E-state index contributed by atoms with van der Waals surface area (Å²) in [6.07, 6.45) is -2.79. The van der Waals surface area contributed by atoms with Crippen LogP contribution in [0, 0.1) is 0 Å². The Morgan fingerprint density at radius 2 is 1.50 bits per heavy atom. The van der Waals surface area contributed by atoms with E-state index in [-0.39, 0.29) is 6.61 Å². The SMILES string of the molecule is CC(=O)OC[C@H]1O[C@H](/C=N\OC(C)=O)[C@H](OC(C)=O)[C@@H]1OC(C)=O. The molecule has 0 N–H and O–H groups in total. The number of rotatable bonds is 6. The summed E-state index contributed by atoms with van der Waals surface area (Å²) in [6, 6.07) is 0. The Labute approximate surface area is 138 Å². The van der Waals surface area contributed by atoms with E-state index in [2.05, 4.69) is 9.99 Å². The molecule has 0 aromatic rings. The number of nitrogens with zero attached hydrogens (tertiary/aromatic N) is 1. The van der Waals surface area contributed by atoms with Crippen molar-refractivity contribution in [3.63, 3.8) is 0 Å². The van der Waals surface area contributed by atoms with Crippen LogP contribution in [0.2, 0.25) is 0 Å². The van der Waals surface area contributed by atoms with Crippen LogP contribution in [0.3, 0.4) is 0 Å². The highest BCUT2D eigenvalue weighted by molar-refractivity contribution is 5.71. The molecule has 0 aromatic heterocycles. The number of carbonyl (C=O) groups excluding carboxylic acids is 4. The number of ether oxygens (including phenoxy) is 4. The van der Waals surface area contributed by atoms with Crippen molar-refractivity contribution in [1.82, 2.24) is 0 Å². The summed E-state index contributed by atoms with van der Waals surface area (Å²) in [5, 5.41) is 3.41. The number of oxime groups is 1. The molecule has 0 unspecified atom stereocenters. The lowest BCUT2D eigenvalue weighted by molar-refractivity contribution is -0.165. The largest absolute Gasteiger partial charge is 0.463 e. The summed E-state index contributed by atoms with van der Waals surface area (Å²) in [5.74, 6) is -2.48. The van der Waals surface area contributed by atoms with Crippen molar-refractivity contribution in [2.24, 2.45) is 5.16 Å². The van der Waals surface area contributed by atoms with Crippen molar-refractivity contribution in [2.75, 3.05) is 6.61 Å². The Bertz CT molecular complexity index is 530. The zero-order valence-corrected chi connectivity index (χ0v) is 13.7. The van der Waals surface area contributed by atoms with Gasteiger partial charge in [-0.15, -0.1) is 0 Å². The first-order valence-electron chi connectivity index (χ1n) is 7.05. The van der Waals surface area contributed by atoms with E-state index in [0.717, 1.165) is 13.1 Å². The minimum absolute atomic E-state index is 0.219. The molecule has 134 valence electrons. The van der Waals surface area contributed by atoms with Crippen LogP contribution in [-0.4, -0.2) is 61.1 Å². The first-order valence-corrected chi connectivity index (χ1v) is 7.05. The fraction of sp³-hybridized carbons (Fsp3) is 0.643. The number of carbonyl (C=O) groups is 4. The lowest BCUT2D eigenvalue weighted by Gasteiger charge is -2.22. The van der Waals surface area contributed by atoms with Crippen LogP contribution in [0.25, 0.3) is 0 Å². The Kier molecular flexibility index (Phi) is 7.31. The van der Waals surface area contributed by atoms with Gasteiger partial charge in [0.05, 0.1) is 6.21 Å². The number of esters is 3. The van der Waals surface area contributed by atoms with E-state index in [9.17, 15) is 19.2 Å². The normalized spacial score (nSPS) is 26.0. The summed E-state index contributed by atoms with van der Waals surface area (Å²) >= 11 is 0. The van der Waals surface area contributed by atoms with Crippen LogP contribution in [0.1, 0.15) is 27.7 Å². The van der Waals surface area contributed by atoms with Gasteiger partial charge in [-0.25, -0.2) is 4.79 Å². The molecule has 0 saturated carbocycles. The van der Waals surface area contributed by atoms with Gasteiger partial charge in [-0.05, 0) is 0 Å². The number of hydrogen-bond donors (Lipinski definition) is 0. The van der Waals surface area contributed by atoms with Crippen LogP contribution in [0.15, 0.2) is 5.16 Å². The van der Waals surface area contributed by atoms with Crippen molar-refractivity contribution in [1.29, 1.82) is 0 Å². The topological polar surface area (TPSA) is 127 Å². The second-order valence-electron chi connectivity index (χ2n) is 4.93. The highest BCUT2D eigenvalue weighted by atomic mass is 16.7. The van der Waals surface area contributed by atoms with Gasteiger partial charge in [0.15, 0.2) is 12.2 Å². The maximum absolute atomic E-state index is 11.3. The van der Waals surface area contributed by atoms with Gasteiger partial charge in [-0.2, -0.15) is 0 Å². The molecule has 1 rings (SSSR count). The van der Waals surface area contributed by atoms with E-state index >= 15 is 0 Å². The molecule has 0 aromatic carbocycles. The molecule has 0 amide bonds. The highest BCUT2D eigenvalue weighted by Gasteiger charge is 2.49. The Morgan fingerprint density at radius 1 is 0.917 bits per heavy atom. The molecule has 1 aliphatic rings. The van der Waals surface area contributed by atoms with Gasteiger partial charge < -0.3 is 23.8 Å². The molecular weight excluding hydrogens is 326 g/mol. The molecule has 1 fully saturated rings. The average molecular weight is 345 g/mol. The molecule has 10 nitrogen and oxygen atoms in total. The quantitative estimate of drug-likeness (QED) is 0.210. The smallest absolute Gasteiger partial charge is 0.331 e. The van der Waals surface area contributed by atoms with Crippen LogP contribution in [-0.2, 0) is 43.0 Å². The summed E-state index contributed by atoms with van der Waals surface area (Å²) in [5.41, 5.74) is 0. The minimum Gasteiger partial charge on any atom is -0.463 e. The van der Waals surface area contributed by atoms with E-state index < -0.39 is 48.3 Å². The van der Waals surface area contributed by atoms with Crippen molar-refractivity contribution >= 4 is 30.1 Å². The third kappa shape index (κ3) is 6.32. The molecule has 10 heteroatoms. The summed E-state index contributed by atoms with van der Waals surface area (Å²) in [6.45, 7) is 4.49. The lowest BCUT2D eigenvalue weighted by Crippen LogP contribution is -2.41.